The van der Waals surface area contributed by atoms with Gasteiger partial charge in [0, 0.05) is 13.0 Å². The average Bonchev–Trinajstić information content (AvgIpc) is 2.53. The van der Waals surface area contributed by atoms with Gasteiger partial charge >= 0.3 is 6.03 Å². The molecule has 0 radical (unpaired) electrons. The first-order valence-electron chi connectivity index (χ1n) is 7.29. The van der Waals surface area contributed by atoms with Crippen LogP contribution >= 0.6 is 0 Å². The standard InChI is InChI=1S/C15H18N2O6S/c1-23-12-8-4-3-7-11(12)14(19)17(24(2,21)22)15(20)16-10-6-5-9-13(16)18/h3-4,7-8H,5-6,9-10H2,1-2H3. The van der Waals surface area contributed by atoms with Crippen molar-refractivity contribution in [3.8, 4) is 5.75 Å². The Hall–Kier alpha value is -2.42. The van der Waals surface area contributed by atoms with Crippen molar-refractivity contribution in [1.82, 2.24) is 9.21 Å². The van der Waals surface area contributed by atoms with Gasteiger partial charge in [0.1, 0.15) is 5.75 Å². The van der Waals surface area contributed by atoms with E-state index in [9.17, 15) is 22.8 Å². The Morgan fingerprint density at radius 3 is 2.46 bits per heavy atom. The van der Waals surface area contributed by atoms with Crippen LogP contribution in [0.25, 0.3) is 0 Å². The number of likely N-dealkylation sites (tertiary alicyclic amines) is 1. The molecule has 1 heterocycles. The first kappa shape index (κ1) is 17.9. The summed E-state index contributed by atoms with van der Waals surface area (Å²) < 4.78 is 29.2. The summed E-state index contributed by atoms with van der Waals surface area (Å²) in [6, 6.07) is 4.80. The number of benzene rings is 1. The Morgan fingerprint density at radius 2 is 1.88 bits per heavy atom. The van der Waals surface area contributed by atoms with Gasteiger partial charge in [-0.05, 0) is 25.0 Å². The minimum atomic E-state index is -4.22. The maximum atomic E-state index is 12.7. The van der Waals surface area contributed by atoms with Crippen LogP contribution in [0.1, 0.15) is 29.6 Å². The molecule has 0 spiro atoms. The van der Waals surface area contributed by atoms with Gasteiger partial charge in [0.05, 0.1) is 18.9 Å². The van der Waals surface area contributed by atoms with Gasteiger partial charge in [-0.15, -0.1) is 0 Å². The normalized spacial score (nSPS) is 15.1. The van der Waals surface area contributed by atoms with Crippen molar-refractivity contribution >= 4 is 27.9 Å². The molecule has 1 aromatic carbocycles. The predicted molar refractivity (Wildman–Crippen MR) is 85.0 cm³/mol. The molecular weight excluding hydrogens is 336 g/mol. The molecular formula is C15H18N2O6S. The molecule has 24 heavy (non-hydrogen) atoms. The van der Waals surface area contributed by atoms with Crippen LogP contribution in [0.4, 0.5) is 4.79 Å². The highest BCUT2D eigenvalue weighted by molar-refractivity contribution is 7.89. The average molecular weight is 354 g/mol. The van der Waals surface area contributed by atoms with E-state index in [4.69, 9.17) is 4.74 Å². The monoisotopic (exact) mass is 354 g/mol. The summed E-state index contributed by atoms with van der Waals surface area (Å²) in [5.74, 6) is -1.42. The fourth-order valence-electron chi connectivity index (χ4n) is 2.43. The van der Waals surface area contributed by atoms with Gasteiger partial charge in [0.15, 0.2) is 0 Å². The quantitative estimate of drug-likeness (QED) is 0.809. The Kier molecular flexibility index (Phi) is 5.23. The molecule has 0 saturated carbocycles. The zero-order chi connectivity index (χ0) is 17.9. The van der Waals surface area contributed by atoms with Crippen LogP contribution in [0.15, 0.2) is 24.3 Å². The molecule has 2 rings (SSSR count). The van der Waals surface area contributed by atoms with E-state index in [1.807, 2.05) is 0 Å². The number of hydrogen-bond donors (Lipinski definition) is 0. The lowest BCUT2D eigenvalue weighted by atomic mass is 10.1. The van der Waals surface area contributed by atoms with Crippen LogP contribution in [0, 0.1) is 0 Å². The number of nitrogens with zero attached hydrogens (tertiary/aromatic N) is 2. The van der Waals surface area contributed by atoms with Crippen molar-refractivity contribution < 1.29 is 27.5 Å². The van der Waals surface area contributed by atoms with E-state index >= 15 is 0 Å². The van der Waals surface area contributed by atoms with Gasteiger partial charge in [-0.3, -0.25) is 14.5 Å². The number of urea groups is 1. The zero-order valence-electron chi connectivity index (χ0n) is 13.4. The molecule has 0 aromatic heterocycles. The molecule has 1 aromatic rings. The molecule has 0 atom stereocenters. The van der Waals surface area contributed by atoms with Crippen molar-refractivity contribution in [3.63, 3.8) is 0 Å². The third kappa shape index (κ3) is 3.56. The minimum absolute atomic E-state index is 0.0803. The molecule has 1 aliphatic rings. The summed E-state index contributed by atoms with van der Waals surface area (Å²) in [4.78, 5) is 37.9. The van der Waals surface area contributed by atoms with E-state index in [1.165, 1.54) is 25.3 Å². The van der Waals surface area contributed by atoms with Gasteiger partial charge in [0.25, 0.3) is 5.91 Å². The molecule has 1 aliphatic heterocycles. The van der Waals surface area contributed by atoms with Crippen molar-refractivity contribution in [1.29, 1.82) is 0 Å². The zero-order valence-corrected chi connectivity index (χ0v) is 14.2. The molecule has 1 saturated heterocycles. The molecule has 4 amide bonds. The lowest BCUT2D eigenvalue weighted by molar-refractivity contribution is -0.130. The topological polar surface area (TPSA) is 101 Å². The van der Waals surface area contributed by atoms with Crippen molar-refractivity contribution in [3.05, 3.63) is 29.8 Å². The molecule has 0 aliphatic carbocycles. The molecule has 0 unspecified atom stereocenters. The van der Waals surface area contributed by atoms with Crippen molar-refractivity contribution in [2.24, 2.45) is 0 Å². The number of carbonyl (C=O) groups is 3. The molecule has 8 nitrogen and oxygen atoms in total. The summed E-state index contributed by atoms with van der Waals surface area (Å²) >= 11 is 0. The van der Waals surface area contributed by atoms with Crippen LogP contribution in [0.3, 0.4) is 0 Å². The minimum Gasteiger partial charge on any atom is -0.496 e. The van der Waals surface area contributed by atoms with Gasteiger partial charge < -0.3 is 4.74 Å². The first-order chi connectivity index (χ1) is 11.3. The molecule has 0 N–H and O–H groups in total. The fourth-order valence-corrected chi connectivity index (χ4v) is 3.21. The maximum Gasteiger partial charge on any atom is 0.347 e. The number of piperidine rings is 1. The SMILES string of the molecule is COc1ccccc1C(=O)N(C(=O)N1CCCCC1=O)S(C)(=O)=O. The van der Waals surface area contributed by atoms with Crippen LogP contribution in [0.2, 0.25) is 0 Å². The molecule has 9 heteroatoms. The Labute approximate surface area is 140 Å². The summed E-state index contributed by atoms with van der Waals surface area (Å²) in [5, 5.41) is 0. The van der Waals surface area contributed by atoms with E-state index in [-0.39, 0.29) is 28.6 Å². The van der Waals surface area contributed by atoms with E-state index in [2.05, 4.69) is 0 Å². The van der Waals surface area contributed by atoms with Gasteiger partial charge in [0.2, 0.25) is 15.9 Å². The lowest BCUT2D eigenvalue weighted by Gasteiger charge is -2.29. The third-order valence-corrected chi connectivity index (χ3v) is 4.57. The highest BCUT2D eigenvalue weighted by Gasteiger charge is 2.38. The van der Waals surface area contributed by atoms with Crippen LogP contribution in [0.5, 0.6) is 5.75 Å². The highest BCUT2D eigenvalue weighted by Crippen LogP contribution is 2.22. The smallest absolute Gasteiger partial charge is 0.347 e. The maximum absolute atomic E-state index is 12.7. The Balaban J connectivity index is 2.44. The number of amides is 4. The molecule has 130 valence electrons. The Bertz CT molecular complexity index is 774. The van der Waals surface area contributed by atoms with E-state index in [1.54, 1.807) is 6.07 Å². The van der Waals surface area contributed by atoms with Gasteiger partial charge in [-0.2, -0.15) is 4.31 Å². The number of ether oxygens (including phenoxy) is 1. The summed E-state index contributed by atoms with van der Waals surface area (Å²) in [5.41, 5.74) is -0.0803. The number of hydrogen-bond acceptors (Lipinski definition) is 6. The number of imide groups is 2. The first-order valence-corrected chi connectivity index (χ1v) is 9.14. The van der Waals surface area contributed by atoms with Crippen molar-refractivity contribution in [2.45, 2.75) is 19.3 Å². The Morgan fingerprint density at radius 1 is 1.21 bits per heavy atom. The number of methoxy groups -OCH3 is 1. The van der Waals surface area contributed by atoms with Gasteiger partial charge in [-0.1, -0.05) is 12.1 Å². The van der Waals surface area contributed by atoms with Gasteiger partial charge in [-0.25, -0.2) is 13.2 Å². The number of rotatable bonds is 3. The molecule has 1 fully saturated rings. The fraction of sp³-hybridized carbons (Fsp3) is 0.400. The lowest BCUT2D eigenvalue weighted by Crippen LogP contribution is -2.52. The van der Waals surface area contributed by atoms with Crippen LogP contribution < -0.4 is 4.74 Å². The predicted octanol–water partition coefficient (Wildman–Crippen LogP) is 1.23. The number of carbonyl (C=O) groups excluding carboxylic acids is 3. The summed E-state index contributed by atoms with van der Waals surface area (Å²) in [6.07, 6.45) is 2.08. The van der Waals surface area contributed by atoms with E-state index in [0.29, 0.717) is 12.8 Å². The number of para-hydroxylation sites is 1. The summed E-state index contributed by atoms with van der Waals surface area (Å²) in [7, 11) is -2.90. The summed E-state index contributed by atoms with van der Waals surface area (Å²) in [6.45, 7) is 0.0862. The second-order valence-corrected chi connectivity index (χ2v) is 7.15. The van der Waals surface area contributed by atoms with E-state index in [0.717, 1.165) is 11.2 Å². The third-order valence-electron chi connectivity index (χ3n) is 3.58. The second-order valence-electron chi connectivity index (χ2n) is 5.32. The van der Waals surface area contributed by atoms with Crippen LogP contribution in [-0.4, -0.2) is 55.4 Å². The molecule has 0 bridgehead atoms. The van der Waals surface area contributed by atoms with E-state index < -0.39 is 27.9 Å². The van der Waals surface area contributed by atoms with Crippen LogP contribution in [-0.2, 0) is 14.8 Å². The second kappa shape index (κ2) is 7.00. The van der Waals surface area contributed by atoms with Crippen molar-refractivity contribution in [2.75, 3.05) is 19.9 Å². The largest absolute Gasteiger partial charge is 0.496 e. The highest BCUT2D eigenvalue weighted by atomic mass is 32.2. The number of sulfonamides is 1.